The number of fused-ring (bicyclic) bond motifs is 1. The molecule has 2 aromatic carbocycles. The summed E-state index contributed by atoms with van der Waals surface area (Å²) in [5.41, 5.74) is 5.94. The van der Waals surface area contributed by atoms with Gasteiger partial charge in [0.15, 0.2) is 0 Å². The molecule has 0 aliphatic heterocycles. The summed E-state index contributed by atoms with van der Waals surface area (Å²) in [4.78, 5) is 4.19. The second kappa shape index (κ2) is 4.24. The highest BCUT2D eigenvalue weighted by Gasteiger charge is 2.14. The van der Waals surface area contributed by atoms with Crippen molar-refractivity contribution in [1.82, 2.24) is 4.98 Å². The maximum atomic E-state index is 13.7. The zero-order chi connectivity index (χ0) is 13.6. The molecule has 0 unspecified atom stereocenters. The number of benzene rings is 2. The molecular formula is C13H7F3N2S. The van der Waals surface area contributed by atoms with Gasteiger partial charge in [-0.1, -0.05) is 0 Å². The number of rotatable bonds is 1. The third-order valence-electron chi connectivity index (χ3n) is 2.67. The first kappa shape index (κ1) is 12.0. The summed E-state index contributed by atoms with van der Waals surface area (Å²) in [5.74, 6) is -1.94. The molecule has 1 aromatic heterocycles. The summed E-state index contributed by atoms with van der Waals surface area (Å²) in [5, 5.41) is 0.338. The Labute approximate surface area is 110 Å². The van der Waals surface area contributed by atoms with Gasteiger partial charge < -0.3 is 5.73 Å². The van der Waals surface area contributed by atoms with Crippen LogP contribution in [0.4, 0.5) is 18.9 Å². The SMILES string of the molecule is Nc1cc(-c2nc3ccc(F)cc3s2)c(F)cc1F. The van der Waals surface area contributed by atoms with Gasteiger partial charge in [-0.15, -0.1) is 11.3 Å². The minimum absolute atomic E-state index is 0.112. The maximum Gasteiger partial charge on any atom is 0.149 e. The normalized spacial score (nSPS) is 11.1. The van der Waals surface area contributed by atoms with Gasteiger partial charge in [0.1, 0.15) is 22.5 Å². The van der Waals surface area contributed by atoms with E-state index in [9.17, 15) is 13.2 Å². The van der Waals surface area contributed by atoms with E-state index in [2.05, 4.69) is 4.98 Å². The fourth-order valence-electron chi connectivity index (χ4n) is 1.74. The van der Waals surface area contributed by atoms with Crippen molar-refractivity contribution in [2.75, 3.05) is 5.73 Å². The van der Waals surface area contributed by atoms with Crippen molar-refractivity contribution in [3.8, 4) is 10.6 Å². The highest BCUT2D eigenvalue weighted by Crippen LogP contribution is 2.33. The van der Waals surface area contributed by atoms with E-state index in [0.29, 0.717) is 15.2 Å². The number of anilines is 1. The zero-order valence-corrected chi connectivity index (χ0v) is 10.3. The minimum Gasteiger partial charge on any atom is -0.396 e. The molecular weight excluding hydrogens is 273 g/mol. The van der Waals surface area contributed by atoms with Crippen LogP contribution < -0.4 is 5.73 Å². The van der Waals surface area contributed by atoms with Gasteiger partial charge in [-0.3, -0.25) is 0 Å². The number of hydrogen-bond acceptors (Lipinski definition) is 3. The largest absolute Gasteiger partial charge is 0.396 e. The lowest BCUT2D eigenvalue weighted by Gasteiger charge is -2.01. The number of nitrogens with two attached hydrogens (primary N) is 1. The van der Waals surface area contributed by atoms with Crippen LogP contribution in [-0.4, -0.2) is 4.98 Å². The Morgan fingerprint density at radius 2 is 1.79 bits per heavy atom. The molecule has 0 saturated heterocycles. The Morgan fingerprint density at radius 3 is 2.58 bits per heavy atom. The van der Waals surface area contributed by atoms with E-state index in [4.69, 9.17) is 5.73 Å². The molecule has 0 amide bonds. The third kappa shape index (κ3) is 2.04. The Balaban J connectivity index is 2.21. The molecule has 0 aliphatic carbocycles. The molecule has 1 heterocycles. The first-order valence-corrected chi connectivity index (χ1v) is 6.17. The summed E-state index contributed by atoms with van der Waals surface area (Å²) in [7, 11) is 0. The van der Waals surface area contributed by atoms with Crippen molar-refractivity contribution in [2.24, 2.45) is 0 Å². The standard InChI is InChI=1S/C13H7F3N2S/c14-6-1-2-11-12(3-6)19-13(18-11)7-4-10(17)9(16)5-8(7)15/h1-5H,17H2. The van der Waals surface area contributed by atoms with E-state index < -0.39 is 11.6 Å². The number of halogens is 3. The molecule has 0 fully saturated rings. The molecule has 3 rings (SSSR count). The van der Waals surface area contributed by atoms with Crippen LogP contribution in [0.3, 0.4) is 0 Å². The summed E-state index contributed by atoms with van der Waals surface area (Å²) in [6, 6.07) is 6.02. The van der Waals surface area contributed by atoms with Crippen LogP contribution in [-0.2, 0) is 0 Å². The predicted octanol–water partition coefficient (Wildman–Crippen LogP) is 3.96. The van der Waals surface area contributed by atoms with Gasteiger partial charge in [0.25, 0.3) is 0 Å². The second-order valence-electron chi connectivity index (χ2n) is 3.98. The molecule has 0 spiro atoms. The van der Waals surface area contributed by atoms with Crippen LogP contribution in [0.15, 0.2) is 30.3 Å². The van der Waals surface area contributed by atoms with Gasteiger partial charge in [-0.05, 0) is 24.3 Å². The smallest absolute Gasteiger partial charge is 0.149 e. The van der Waals surface area contributed by atoms with Crippen molar-refractivity contribution >= 4 is 27.2 Å². The molecule has 0 atom stereocenters. The monoisotopic (exact) mass is 280 g/mol. The summed E-state index contributed by atoms with van der Waals surface area (Å²) in [6.45, 7) is 0. The number of nitrogen functional groups attached to an aromatic ring is 1. The number of nitrogens with zero attached hydrogens (tertiary/aromatic N) is 1. The Kier molecular flexibility index (Phi) is 2.67. The molecule has 6 heteroatoms. The van der Waals surface area contributed by atoms with Crippen molar-refractivity contribution in [3.05, 3.63) is 47.8 Å². The van der Waals surface area contributed by atoms with Gasteiger partial charge in [-0.25, -0.2) is 18.2 Å². The topological polar surface area (TPSA) is 38.9 Å². The van der Waals surface area contributed by atoms with E-state index >= 15 is 0 Å². The number of hydrogen-bond donors (Lipinski definition) is 1. The molecule has 19 heavy (non-hydrogen) atoms. The second-order valence-corrected chi connectivity index (χ2v) is 5.02. The Bertz CT molecular complexity index is 783. The van der Waals surface area contributed by atoms with E-state index in [1.54, 1.807) is 0 Å². The highest BCUT2D eigenvalue weighted by atomic mass is 32.1. The van der Waals surface area contributed by atoms with Crippen LogP contribution in [0.5, 0.6) is 0 Å². The maximum absolute atomic E-state index is 13.7. The number of thiazole rings is 1. The van der Waals surface area contributed by atoms with Crippen LogP contribution in [0.25, 0.3) is 20.8 Å². The first-order valence-electron chi connectivity index (χ1n) is 5.35. The summed E-state index contributed by atoms with van der Waals surface area (Å²) < 4.78 is 40.5. The molecule has 2 N–H and O–H groups in total. The van der Waals surface area contributed by atoms with Crippen molar-refractivity contribution in [2.45, 2.75) is 0 Å². The summed E-state index contributed by atoms with van der Waals surface area (Å²) >= 11 is 1.12. The van der Waals surface area contributed by atoms with Crippen molar-refractivity contribution in [1.29, 1.82) is 0 Å². The highest BCUT2D eigenvalue weighted by molar-refractivity contribution is 7.21. The Morgan fingerprint density at radius 1 is 1.00 bits per heavy atom. The van der Waals surface area contributed by atoms with E-state index in [-0.39, 0.29) is 17.1 Å². The molecule has 0 aliphatic rings. The lowest BCUT2D eigenvalue weighted by Crippen LogP contribution is -1.94. The molecule has 96 valence electrons. The van der Waals surface area contributed by atoms with Crippen LogP contribution >= 0.6 is 11.3 Å². The third-order valence-corrected chi connectivity index (χ3v) is 3.72. The fraction of sp³-hybridized carbons (Fsp3) is 0. The zero-order valence-electron chi connectivity index (χ0n) is 9.45. The fourth-order valence-corrected chi connectivity index (χ4v) is 2.75. The molecule has 0 radical (unpaired) electrons. The quantitative estimate of drug-likeness (QED) is 0.685. The Hall–Kier alpha value is -2.08. The van der Waals surface area contributed by atoms with Gasteiger partial charge >= 0.3 is 0 Å². The van der Waals surface area contributed by atoms with Gasteiger partial charge in [-0.2, -0.15) is 0 Å². The van der Waals surface area contributed by atoms with E-state index in [0.717, 1.165) is 17.4 Å². The number of aromatic nitrogens is 1. The molecule has 0 bridgehead atoms. The lowest BCUT2D eigenvalue weighted by atomic mass is 10.2. The van der Waals surface area contributed by atoms with Crippen molar-refractivity contribution < 1.29 is 13.2 Å². The minimum atomic E-state index is -0.812. The van der Waals surface area contributed by atoms with Crippen LogP contribution in [0.2, 0.25) is 0 Å². The van der Waals surface area contributed by atoms with Gasteiger partial charge in [0.2, 0.25) is 0 Å². The van der Waals surface area contributed by atoms with Crippen molar-refractivity contribution in [3.63, 3.8) is 0 Å². The molecule has 2 nitrogen and oxygen atoms in total. The van der Waals surface area contributed by atoms with Crippen LogP contribution in [0.1, 0.15) is 0 Å². The first-order chi connectivity index (χ1) is 9.04. The van der Waals surface area contributed by atoms with Crippen LogP contribution in [0, 0.1) is 17.5 Å². The predicted molar refractivity (Wildman–Crippen MR) is 69.3 cm³/mol. The average Bonchev–Trinajstić information content (AvgIpc) is 2.76. The van der Waals surface area contributed by atoms with Gasteiger partial charge in [0, 0.05) is 11.6 Å². The summed E-state index contributed by atoms with van der Waals surface area (Å²) in [6.07, 6.45) is 0. The van der Waals surface area contributed by atoms with E-state index in [1.807, 2.05) is 0 Å². The van der Waals surface area contributed by atoms with E-state index in [1.165, 1.54) is 24.3 Å². The molecule has 0 saturated carbocycles. The average molecular weight is 280 g/mol. The molecule has 3 aromatic rings. The van der Waals surface area contributed by atoms with Gasteiger partial charge in [0.05, 0.1) is 15.9 Å². The lowest BCUT2D eigenvalue weighted by molar-refractivity contribution is 0.588.